The maximum Gasteiger partial charge on any atom is 0.407 e. The highest BCUT2D eigenvalue weighted by atomic mass is 16.6. The molecule has 1 aliphatic carbocycles. The number of benzene rings is 3. The van der Waals surface area contributed by atoms with Gasteiger partial charge in [-0.1, -0.05) is 84.9 Å². The molecule has 3 aliphatic rings. The summed E-state index contributed by atoms with van der Waals surface area (Å²) in [4.78, 5) is 44.5. The van der Waals surface area contributed by atoms with E-state index in [0.29, 0.717) is 32.5 Å². The molecule has 4 N–H and O–H groups in total. The predicted molar refractivity (Wildman–Crippen MR) is 171 cm³/mol. The van der Waals surface area contributed by atoms with E-state index in [1.165, 1.54) is 0 Å². The van der Waals surface area contributed by atoms with Crippen LogP contribution in [0, 0.1) is 5.92 Å². The molecule has 1 fully saturated rings. The van der Waals surface area contributed by atoms with Crippen LogP contribution in [0.15, 0.2) is 89.9 Å². The van der Waals surface area contributed by atoms with Gasteiger partial charge in [-0.25, -0.2) is 9.59 Å². The van der Waals surface area contributed by atoms with E-state index in [4.69, 9.17) is 24.9 Å². The topological polar surface area (TPSA) is 150 Å². The van der Waals surface area contributed by atoms with Crippen LogP contribution in [0.3, 0.4) is 0 Å². The van der Waals surface area contributed by atoms with Gasteiger partial charge in [-0.3, -0.25) is 9.79 Å². The third-order valence-corrected chi connectivity index (χ3v) is 9.25. The molecule has 10 heteroatoms. The number of ketones is 1. The molecule has 6 rings (SSSR count). The first-order chi connectivity index (χ1) is 22.3. The molecule has 2 amide bonds. The van der Waals surface area contributed by atoms with E-state index < -0.39 is 47.8 Å². The number of nitrogens with one attached hydrogen (secondary N) is 1. The Labute approximate surface area is 268 Å². The molecular weight excluding hydrogens is 586 g/mol. The molecule has 2 unspecified atom stereocenters. The van der Waals surface area contributed by atoms with Crippen molar-refractivity contribution in [2.75, 3.05) is 13.2 Å². The van der Waals surface area contributed by atoms with Crippen LogP contribution < -0.4 is 11.1 Å². The molecule has 10 nitrogen and oxygen atoms in total. The van der Waals surface area contributed by atoms with E-state index in [0.717, 1.165) is 22.3 Å². The van der Waals surface area contributed by atoms with Crippen molar-refractivity contribution in [1.29, 1.82) is 0 Å². The van der Waals surface area contributed by atoms with E-state index in [-0.39, 0.29) is 24.7 Å². The number of amides is 2. The molecule has 7 atom stereocenters. The first kappa shape index (κ1) is 31.4. The van der Waals surface area contributed by atoms with Gasteiger partial charge < -0.3 is 30.4 Å². The number of aliphatic hydroxyl groups excluding tert-OH is 1. The quantitative estimate of drug-likeness (QED) is 0.292. The van der Waals surface area contributed by atoms with Crippen LogP contribution >= 0.6 is 0 Å². The number of alkyl carbamates (subject to hydrolysis) is 1. The van der Waals surface area contributed by atoms with Crippen LogP contribution in [0.2, 0.25) is 0 Å². The third kappa shape index (κ3) is 6.98. The molecule has 0 saturated carbocycles. The Morgan fingerprint density at radius 1 is 1.00 bits per heavy atom. The number of carbonyl (C=O) groups excluding carboxylic acids is 3. The van der Waals surface area contributed by atoms with Gasteiger partial charge >= 0.3 is 12.2 Å². The number of aliphatic imine (C=N–C) groups is 1. The number of fused-ring (bicyclic) bond motifs is 1. The number of ether oxygens (including phenoxy) is 3. The van der Waals surface area contributed by atoms with Crippen molar-refractivity contribution in [3.8, 4) is 0 Å². The zero-order chi connectivity index (χ0) is 32.1. The Morgan fingerprint density at radius 3 is 2.39 bits per heavy atom. The molecule has 3 aromatic carbocycles. The lowest BCUT2D eigenvalue weighted by Gasteiger charge is -2.33. The molecule has 0 radical (unpaired) electrons. The smallest absolute Gasteiger partial charge is 0.407 e. The summed E-state index contributed by atoms with van der Waals surface area (Å²) >= 11 is 0. The predicted octanol–water partition coefficient (Wildman–Crippen LogP) is 3.92. The number of nitrogens with zero attached hydrogens (tertiary/aromatic N) is 1. The van der Waals surface area contributed by atoms with Crippen LogP contribution in [-0.4, -0.2) is 72.4 Å². The van der Waals surface area contributed by atoms with Crippen LogP contribution in [0.4, 0.5) is 9.59 Å². The third-order valence-electron chi connectivity index (χ3n) is 9.25. The molecule has 0 bridgehead atoms. The number of hydrogen-bond donors (Lipinski definition) is 3. The van der Waals surface area contributed by atoms with Gasteiger partial charge in [0, 0.05) is 37.8 Å². The van der Waals surface area contributed by atoms with Gasteiger partial charge in [-0.05, 0) is 28.7 Å². The molecule has 3 aromatic rings. The molecule has 1 saturated heterocycles. The maximum atomic E-state index is 14.7. The number of primary amides is 1. The average molecular weight is 626 g/mol. The second-order valence-electron chi connectivity index (χ2n) is 12.4. The first-order valence-electron chi connectivity index (χ1n) is 15.8. The van der Waals surface area contributed by atoms with Gasteiger partial charge in [-0.2, -0.15) is 0 Å². The molecule has 0 aromatic heterocycles. The number of Topliss-reactive ketones (excluding diaryl/α,β-unsaturated/α-hetero) is 1. The summed E-state index contributed by atoms with van der Waals surface area (Å²) in [6, 6.07) is 26.0. The zero-order valence-corrected chi connectivity index (χ0v) is 25.5. The summed E-state index contributed by atoms with van der Waals surface area (Å²) in [6.45, 7) is 0.850. The van der Waals surface area contributed by atoms with Gasteiger partial charge in [0.05, 0.1) is 31.3 Å². The Kier molecular flexibility index (Phi) is 9.46. The lowest BCUT2D eigenvalue weighted by Crippen LogP contribution is -2.51. The fourth-order valence-electron chi connectivity index (χ4n) is 7.07. The summed E-state index contributed by atoms with van der Waals surface area (Å²) in [5.74, 6) is -1.37. The van der Waals surface area contributed by atoms with E-state index in [2.05, 4.69) is 5.32 Å². The van der Waals surface area contributed by atoms with E-state index in [1.54, 1.807) is 6.21 Å². The Bertz CT molecular complexity index is 1560. The number of carbonyl (C=O) groups is 3. The van der Waals surface area contributed by atoms with Crippen LogP contribution in [-0.2, 0) is 38.3 Å². The number of hydrogen-bond acceptors (Lipinski definition) is 8. The van der Waals surface area contributed by atoms with Crippen molar-refractivity contribution < 1.29 is 33.7 Å². The fraction of sp³-hybridized carbons (Fsp3) is 0.389. The van der Waals surface area contributed by atoms with Gasteiger partial charge in [0.1, 0.15) is 17.7 Å². The van der Waals surface area contributed by atoms with E-state index in [9.17, 15) is 19.5 Å². The summed E-state index contributed by atoms with van der Waals surface area (Å²) in [7, 11) is 0. The standard InChI is InChI=1S/C36H39N3O7/c37-34(42)46-31-18-25-13-7-8-14-27(25)32(31)28-21-38-36(33(28)41,19-24-11-5-2-6-12-24)20-30(40)29(17-23-9-3-1-4-10-23)39-35(43)45-26-15-16-44-22-26/h1-14,21,26,28-32,40H,15-20,22H2,(H2,37,42)(H,39,43)/t26-,28?,29-,30-,31+,32?,36-/m0/s1. The maximum absolute atomic E-state index is 14.7. The minimum atomic E-state index is -1.33. The first-order valence-corrected chi connectivity index (χ1v) is 15.8. The molecule has 2 heterocycles. The summed E-state index contributed by atoms with van der Waals surface area (Å²) in [5, 5.41) is 14.7. The van der Waals surface area contributed by atoms with Gasteiger partial charge in [0.2, 0.25) is 0 Å². The molecule has 240 valence electrons. The number of nitrogens with two attached hydrogens (primary N) is 1. The SMILES string of the molecule is NC(=O)O[C@@H]1Cc2ccccc2C1C1C=N[C@@](Cc2ccccc2)(C[C@H](O)[C@H](Cc2ccccc2)NC(=O)O[C@H]2CCOC2)C1=O. The largest absolute Gasteiger partial charge is 0.445 e. The monoisotopic (exact) mass is 625 g/mol. The molecule has 2 aliphatic heterocycles. The molecular formula is C36H39N3O7. The highest BCUT2D eigenvalue weighted by Gasteiger charge is 2.53. The summed E-state index contributed by atoms with van der Waals surface area (Å²) < 4.78 is 16.4. The van der Waals surface area contributed by atoms with E-state index >= 15 is 0 Å². The van der Waals surface area contributed by atoms with Crippen LogP contribution in [0.25, 0.3) is 0 Å². The number of rotatable bonds is 11. The minimum Gasteiger partial charge on any atom is -0.445 e. The second kappa shape index (κ2) is 13.8. The summed E-state index contributed by atoms with van der Waals surface area (Å²) in [6.07, 6.45) is -0.501. The van der Waals surface area contributed by atoms with Crippen molar-refractivity contribution >= 4 is 24.2 Å². The van der Waals surface area contributed by atoms with E-state index in [1.807, 2.05) is 84.9 Å². The minimum absolute atomic E-state index is 0.0479. The molecule has 46 heavy (non-hydrogen) atoms. The lowest BCUT2D eigenvalue weighted by molar-refractivity contribution is -0.127. The Hall–Kier alpha value is -4.54. The zero-order valence-electron chi connectivity index (χ0n) is 25.5. The highest BCUT2D eigenvalue weighted by molar-refractivity contribution is 6.07. The highest BCUT2D eigenvalue weighted by Crippen LogP contribution is 2.45. The number of aliphatic hydroxyl groups is 1. The van der Waals surface area contributed by atoms with Crippen LogP contribution in [0.5, 0.6) is 0 Å². The van der Waals surface area contributed by atoms with Gasteiger partial charge in [-0.15, -0.1) is 0 Å². The normalized spacial score (nSPS) is 26.3. The van der Waals surface area contributed by atoms with Gasteiger partial charge in [0.25, 0.3) is 0 Å². The van der Waals surface area contributed by atoms with Crippen molar-refractivity contribution in [2.24, 2.45) is 16.6 Å². The Morgan fingerprint density at radius 2 is 1.70 bits per heavy atom. The molecule has 0 spiro atoms. The fourth-order valence-corrected chi connectivity index (χ4v) is 7.07. The van der Waals surface area contributed by atoms with Crippen molar-refractivity contribution in [3.63, 3.8) is 0 Å². The van der Waals surface area contributed by atoms with Crippen molar-refractivity contribution in [1.82, 2.24) is 5.32 Å². The van der Waals surface area contributed by atoms with Crippen molar-refractivity contribution in [3.05, 3.63) is 107 Å². The lowest BCUT2D eigenvalue weighted by atomic mass is 9.74. The second-order valence-corrected chi connectivity index (χ2v) is 12.4. The summed E-state index contributed by atoms with van der Waals surface area (Å²) in [5.41, 5.74) is 7.80. The van der Waals surface area contributed by atoms with Crippen LogP contribution in [0.1, 0.15) is 41.0 Å². The van der Waals surface area contributed by atoms with Gasteiger partial charge in [0.15, 0.2) is 5.78 Å². The Balaban J connectivity index is 1.29. The van der Waals surface area contributed by atoms with Crippen molar-refractivity contribution in [2.45, 2.75) is 67.9 Å². The average Bonchev–Trinajstić information content (AvgIpc) is 3.76.